The third kappa shape index (κ3) is 15.9. The van der Waals surface area contributed by atoms with E-state index in [1.165, 1.54) is 51.6 Å². The Kier molecular flexibility index (Phi) is 16.8. The molecule has 0 amide bonds. The van der Waals surface area contributed by atoms with E-state index < -0.39 is 0 Å². The van der Waals surface area contributed by atoms with Crippen molar-refractivity contribution < 1.29 is 14.9 Å². The second-order valence-electron chi connectivity index (χ2n) is 5.54. The summed E-state index contributed by atoms with van der Waals surface area (Å²) in [5, 5.41) is 16.4. The first-order valence-corrected chi connectivity index (χ1v) is 8.29. The van der Waals surface area contributed by atoms with E-state index in [1.807, 2.05) is 0 Å². The van der Waals surface area contributed by atoms with Gasteiger partial charge in [-0.3, -0.25) is 0 Å². The van der Waals surface area contributed by atoms with Crippen LogP contribution in [0.3, 0.4) is 0 Å². The third-order valence-corrected chi connectivity index (χ3v) is 3.47. The van der Waals surface area contributed by atoms with E-state index in [0.29, 0.717) is 0 Å². The number of hydrogen-bond donors (Lipinski definition) is 2. The van der Waals surface area contributed by atoms with E-state index in [4.69, 9.17) is 14.9 Å². The largest absolute Gasteiger partial charge is 0.396 e. The number of ether oxygens (including phenoxy) is 1. The molecular formula is C16H35NO3. The molecule has 2 rings (SSSR count). The first kappa shape index (κ1) is 19.8. The Morgan fingerprint density at radius 3 is 1.50 bits per heavy atom. The molecule has 0 aromatic rings. The number of aliphatic hydroxyl groups is 2. The molecule has 4 heteroatoms. The minimum atomic E-state index is 0.250. The zero-order valence-corrected chi connectivity index (χ0v) is 13.4. The van der Waals surface area contributed by atoms with Gasteiger partial charge in [-0.25, -0.2) is 0 Å². The standard InChI is InChI=1S/C6H13N.C5H12O2.C5H10O/c1-7-5-3-2-4-6-7;6-4-2-1-3-5-7;1-2-4-6-5-3-1/h2-6H2,1H3;6-7H,1-5H2;1-5H2. The highest BCUT2D eigenvalue weighted by Crippen LogP contribution is 2.04. The summed E-state index contributed by atoms with van der Waals surface area (Å²) >= 11 is 0. The average molecular weight is 289 g/mol. The molecule has 0 aromatic carbocycles. The summed E-state index contributed by atoms with van der Waals surface area (Å²) in [7, 11) is 2.19. The van der Waals surface area contributed by atoms with Crippen molar-refractivity contribution in [2.24, 2.45) is 0 Å². The van der Waals surface area contributed by atoms with Crippen LogP contribution >= 0.6 is 0 Å². The van der Waals surface area contributed by atoms with Crippen LogP contribution in [0.15, 0.2) is 0 Å². The van der Waals surface area contributed by atoms with Gasteiger partial charge in [-0.15, -0.1) is 0 Å². The molecule has 4 nitrogen and oxygen atoms in total. The molecule has 0 radical (unpaired) electrons. The summed E-state index contributed by atoms with van der Waals surface area (Å²) in [5.74, 6) is 0. The van der Waals surface area contributed by atoms with Crippen LogP contribution in [0.2, 0.25) is 0 Å². The molecule has 0 saturated carbocycles. The quantitative estimate of drug-likeness (QED) is 0.781. The Morgan fingerprint density at radius 2 is 1.25 bits per heavy atom. The van der Waals surface area contributed by atoms with Crippen LogP contribution in [0.25, 0.3) is 0 Å². The van der Waals surface area contributed by atoms with Crippen molar-refractivity contribution >= 4 is 0 Å². The normalized spacial score (nSPS) is 19.4. The van der Waals surface area contributed by atoms with E-state index in [-0.39, 0.29) is 13.2 Å². The zero-order chi connectivity index (χ0) is 14.9. The molecule has 0 bridgehead atoms. The first-order valence-electron chi connectivity index (χ1n) is 8.29. The van der Waals surface area contributed by atoms with Gasteiger partial charge in [-0.1, -0.05) is 6.42 Å². The Balaban J connectivity index is 0.000000271. The van der Waals surface area contributed by atoms with Gasteiger partial charge in [0.25, 0.3) is 0 Å². The molecule has 2 aliphatic heterocycles. The van der Waals surface area contributed by atoms with E-state index in [0.717, 1.165) is 32.5 Å². The fourth-order valence-corrected chi connectivity index (χ4v) is 2.14. The maximum absolute atomic E-state index is 8.21. The summed E-state index contributed by atoms with van der Waals surface area (Å²) < 4.78 is 5.07. The van der Waals surface area contributed by atoms with Gasteiger partial charge in [-0.05, 0) is 71.5 Å². The number of likely N-dealkylation sites (tertiary alicyclic amines) is 1. The lowest BCUT2D eigenvalue weighted by Crippen LogP contribution is -2.24. The number of rotatable bonds is 4. The smallest absolute Gasteiger partial charge is 0.0466 e. The van der Waals surface area contributed by atoms with Gasteiger partial charge in [0.15, 0.2) is 0 Å². The van der Waals surface area contributed by atoms with Crippen LogP contribution in [0, 0.1) is 0 Å². The first-order chi connectivity index (χ1) is 9.81. The van der Waals surface area contributed by atoms with E-state index in [1.54, 1.807) is 0 Å². The molecule has 2 saturated heterocycles. The van der Waals surface area contributed by atoms with Crippen LogP contribution in [-0.2, 0) is 4.74 Å². The highest BCUT2D eigenvalue weighted by molar-refractivity contribution is 4.58. The molecule has 0 aliphatic carbocycles. The summed E-state index contributed by atoms with van der Waals surface area (Å²) in [6, 6.07) is 0. The molecule has 0 unspecified atom stereocenters. The molecule has 122 valence electrons. The van der Waals surface area contributed by atoms with Gasteiger partial charge >= 0.3 is 0 Å². The van der Waals surface area contributed by atoms with Crippen molar-refractivity contribution in [2.75, 3.05) is 46.6 Å². The highest BCUT2D eigenvalue weighted by Gasteiger charge is 2.02. The second-order valence-corrected chi connectivity index (χ2v) is 5.54. The second kappa shape index (κ2) is 16.9. The molecule has 0 spiro atoms. The molecule has 0 atom stereocenters. The molecule has 2 N–H and O–H groups in total. The predicted octanol–water partition coefficient (Wildman–Crippen LogP) is 2.43. The Morgan fingerprint density at radius 1 is 0.750 bits per heavy atom. The van der Waals surface area contributed by atoms with Crippen LogP contribution in [-0.4, -0.2) is 61.7 Å². The monoisotopic (exact) mass is 289 g/mol. The Hall–Kier alpha value is -0.160. The Bertz CT molecular complexity index is 154. The van der Waals surface area contributed by atoms with Crippen LogP contribution in [0.1, 0.15) is 57.8 Å². The van der Waals surface area contributed by atoms with Gasteiger partial charge in [0.1, 0.15) is 0 Å². The molecule has 2 aliphatic rings. The lowest BCUT2D eigenvalue weighted by molar-refractivity contribution is 0.0968. The molecule has 0 aromatic heterocycles. The summed E-state index contributed by atoms with van der Waals surface area (Å²) in [6.07, 6.45) is 10.8. The summed E-state index contributed by atoms with van der Waals surface area (Å²) in [4.78, 5) is 2.39. The maximum Gasteiger partial charge on any atom is 0.0466 e. The maximum atomic E-state index is 8.21. The van der Waals surface area contributed by atoms with Crippen molar-refractivity contribution in [2.45, 2.75) is 57.8 Å². The minimum Gasteiger partial charge on any atom is -0.396 e. The fraction of sp³-hybridized carbons (Fsp3) is 1.00. The van der Waals surface area contributed by atoms with Gasteiger partial charge < -0.3 is 19.8 Å². The summed E-state index contributed by atoms with van der Waals surface area (Å²) in [6.45, 7) is 5.14. The van der Waals surface area contributed by atoms with Crippen molar-refractivity contribution in [3.05, 3.63) is 0 Å². The number of piperidine rings is 1. The van der Waals surface area contributed by atoms with Gasteiger partial charge in [-0.2, -0.15) is 0 Å². The number of aliphatic hydroxyl groups excluding tert-OH is 2. The van der Waals surface area contributed by atoms with Crippen molar-refractivity contribution in [3.63, 3.8) is 0 Å². The van der Waals surface area contributed by atoms with Gasteiger partial charge in [0.2, 0.25) is 0 Å². The number of nitrogens with zero attached hydrogens (tertiary/aromatic N) is 1. The zero-order valence-electron chi connectivity index (χ0n) is 13.4. The fourth-order valence-electron chi connectivity index (χ4n) is 2.14. The van der Waals surface area contributed by atoms with Crippen molar-refractivity contribution in [1.82, 2.24) is 4.90 Å². The van der Waals surface area contributed by atoms with Crippen LogP contribution in [0.4, 0.5) is 0 Å². The van der Waals surface area contributed by atoms with Crippen molar-refractivity contribution in [3.8, 4) is 0 Å². The molecule has 2 fully saturated rings. The SMILES string of the molecule is C1CCOCC1.CN1CCCCC1.OCCCCCO. The predicted molar refractivity (Wildman–Crippen MR) is 84.0 cm³/mol. The van der Waals surface area contributed by atoms with Gasteiger partial charge in [0, 0.05) is 26.4 Å². The van der Waals surface area contributed by atoms with Crippen LogP contribution in [0.5, 0.6) is 0 Å². The number of unbranched alkanes of at least 4 members (excludes halogenated alkanes) is 2. The van der Waals surface area contributed by atoms with E-state index >= 15 is 0 Å². The molecular weight excluding hydrogens is 254 g/mol. The lowest BCUT2D eigenvalue weighted by Gasteiger charge is -2.20. The average Bonchev–Trinajstić information content (AvgIpc) is 2.52. The van der Waals surface area contributed by atoms with Gasteiger partial charge in [0.05, 0.1) is 0 Å². The number of hydrogen-bond acceptors (Lipinski definition) is 4. The molecule has 20 heavy (non-hydrogen) atoms. The topological polar surface area (TPSA) is 52.9 Å². The van der Waals surface area contributed by atoms with E-state index in [9.17, 15) is 0 Å². The third-order valence-electron chi connectivity index (χ3n) is 3.47. The van der Waals surface area contributed by atoms with Crippen LogP contribution < -0.4 is 0 Å². The lowest BCUT2D eigenvalue weighted by atomic mass is 10.1. The van der Waals surface area contributed by atoms with Crippen molar-refractivity contribution in [1.29, 1.82) is 0 Å². The minimum absolute atomic E-state index is 0.250. The Labute approximate surface area is 125 Å². The van der Waals surface area contributed by atoms with E-state index in [2.05, 4.69) is 11.9 Å². The highest BCUT2D eigenvalue weighted by atomic mass is 16.5. The molecule has 2 heterocycles. The summed E-state index contributed by atoms with van der Waals surface area (Å²) in [5.41, 5.74) is 0.